The molecule has 2 N–H and O–H groups in total. The van der Waals surface area contributed by atoms with E-state index in [2.05, 4.69) is 10.6 Å². The van der Waals surface area contributed by atoms with Gasteiger partial charge in [-0.15, -0.1) is 0 Å². The van der Waals surface area contributed by atoms with Crippen molar-refractivity contribution in [3.8, 4) is 5.75 Å². The highest BCUT2D eigenvalue weighted by Crippen LogP contribution is 2.39. The van der Waals surface area contributed by atoms with E-state index in [0.29, 0.717) is 19.0 Å². The van der Waals surface area contributed by atoms with Crippen LogP contribution in [0.4, 0.5) is 0 Å². The first-order valence-corrected chi connectivity index (χ1v) is 8.88. The van der Waals surface area contributed by atoms with Crippen molar-refractivity contribution in [3.05, 3.63) is 29.8 Å². The van der Waals surface area contributed by atoms with Crippen molar-refractivity contribution >= 4 is 11.8 Å². The summed E-state index contributed by atoms with van der Waals surface area (Å²) < 4.78 is 5.11. The highest BCUT2D eigenvalue weighted by atomic mass is 16.5. The maximum absolute atomic E-state index is 12.2. The Morgan fingerprint density at radius 2 is 1.71 bits per heavy atom. The second-order valence-corrected chi connectivity index (χ2v) is 6.86. The zero-order chi connectivity index (χ0) is 16.9. The van der Waals surface area contributed by atoms with Crippen LogP contribution in [-0.4, -0.2) is 25.0 Å². The molecule has 0 saturated heterocycles. The lowest BCUT2D eigenvalue weighted by Crippen LogP contribution is -2.38. The van der Waals surface area contributed by atoms with E-state index in [1.165, 1.54) is 19.3 Å². The number of hydrogen-bond acceptors (Lipinski definition) is 3. The molecule has 5 nitrogen and oxygen atoms in total. The van der Waals surface area contributed by atoms with Crippen molar-refractivity contribution in [1.82, 2.24) is 10.6 Å². The van der Waals surface area contributed by atoms with Crippen molar-refractivity contribution in [3.63, 3.8) is 0 Å². The largest absolute Gasteiger partial charge is 0.497 e. The van der Waals surface area contributed by atoms with Gasteiger partial charge in [0.1, 0.15) is 5.75 Å². The van der Waals surface area contributed by atoms with Crippen LogP contribution in [0.3, 0.4) is 0 Å². The first kappa shape index (κ1) is 16.8. The topological polar surface area (TPSA) is 67.4 Å². The minimum atomic E-state index is -0.160. The Balaban J connectivity index is 1.40. The van der Waals surface area contributed by atoms with Gasteiger partial charge in [-0.3, -0.25) is 9.59 Å². The summed E-state index contributed by atoms with van der Waals surface area (Å²) in [5, 5.41) is 6.05. The van der Waals surface area contributed by atoms with Gasteiger partial charge in [0.25, 0.3) is 0 Å². The number of methoxy groups -OCH3 is 1. The van der Waals surface area contributed by atoms with Crippen LogP contribution in [0, 0.1) is 11.8 Å². The molecule has 2 aliphatic rings. The van der Waals surface area contributed by atoms with E-state index in [-0.39, 0.29) is 23.7 Å². The molecule has 3 rings (SSSR count). The molecule has 0 heterocycles. The van der Waals surface area contributed by atoms with Crippen molar-refractivity contribution in [1.29, 1.82) is 0 Å². The fourth-order valence-corrected chi connectivity index (χ4v) is 3.39. The first-order chi connectivity index (χ1) is 11.7. The molecule has 2 amide bonds. The van der Waals surface area contributed by atoms with Crippen LogP contribution in [0.15, 0.2) is 24.3 Å². The van der Waals surface area contributed by atoms with E-state index in [1.54, 1.807) is 7.11 Å². The minimum Gasteiger partial charge on any atom is -0.497 e. The molecular formula is C19H26N2O3. The summed E-state index contributed by atoms with van der Waals surface area (Å²) in [6.45, 7) is 0.482. The summed E-state index contributed by atoms with van der Waals surface area (Å²) in [7, 11) is 1.63. The van der Waals surface area contributed by atoms with Crippen LogP contribution in [0.5, 0.6) is 5.75 Å². The van der Waals surface area contributed by atoms with Gasteiger partial charge in [0, 0.05) is 12.6 Å². The Hall–Kier alpha value is -2.04. The van der Waals surface area contributed by atoms with Gasteiger partial charge >= 0.3 is 0 Å². The van der Waals surface area contributed by atoms with E-state index < -0.39 is 0 Å². The van der Waals surface area contributed by atoms with E-state index in [1.807, 2.05) is 24.3 Å². The van der Waals surface area contributed by atoms with Crippen molar-refractivity contribution in [2.45, 2.75) is 51.1 Å². The van der Waals surface area contributed by atoms with Crippen LogP contribution in [0.2, 0.25) is 0 Å². The summed E-state index contributed by atoms with van der Waals surface area (Å²) in [6, 6.07) is 7.92. The zero-order valence-electron chi connectivity index (χ0n) is 14.2. The molecule has 0 radical (unpaired) electrons. The Kier molecular flexibility index (Phi) is 5.38. The molecule has 1 aromatic rings. The van der Waals surface area contributed by atoms with E-state index in [0.717, 1.165) is 24.2 Å². The summed E-state index contributed by atoms with van der Waals surface area (Å²) in [4.78, 5) is 24.4. The van der Waals surface area contributed by atoms with Gasteiger partial charge < -0.3 is 15.4 Å². The van der Waals surface area contributed by atoms with Crippen LogP contribution in [-0.2, 0) is 16.1 Å². The summed E-state index contributed by atoms with van der Waals surface area (Å²) >= 11 is 0. The number of amides is 2. The Bertz CT molecular complexity index is 579. The molecule has 5 heteroatoms. The van der Waals surface area contributed by atoms with Crippen LogP contribution in [0.25, 0.3) is 0 Å². The number of ether oxygens (including phenoxy) is 1. The zero-order valence-corrected chi connectivity index (χ0v) is 14.2. The molecule has 2 aliphatic carbocycles. The van der Waals surface area contributed by atoms with Crippen LogP contribution < -0.4 is 15.4 Å². The molecule has 0 aliphatic heterocycles. The number of rotatable bonds is 6. The second-order valence-electron chi connectivity index (χ2n) is 6.86. The van der Waals surface area contributed by atoms with Crippen molar-refractivity contribution < 1.29 is 14.3 Å². The molecule has 0 bridgehead atoms. The number of nitrogens with one attached hydrogen (secondary N) is 2. The third-order valence-corrected chi connectivity index (χ3v) is 5.04. The van der Waals surface area contributed by atoms with E-state index >= 15 is 0 Å². The number of carbonyl (C=O) groups excluding carboxylic acids is 2. The van der Waals surface area contributed by atoms with Gasteiger partial charge in [-0.2, -0.15) is 0 Å². The predicted octanol–water partition coefficient (Wildman–Crippen LogP) is 2.40. The van der Waals surface area contributed by atoms with Gasteiger partial charge in [-0.25, -0.2) is 0 Å². The van der Waals surface area contributed by atoms with Gasteiger partial charge in [-0.05, 0) is 37.0 Å². The molecule has 0 aromatic heterocycles. The highest BCUT2D eigenvalue weighted by molar-refractivity contribution is 5.92. The third kappa shape index (κ3) is 4.28. The highest BCUT2D eigenvalue weighted by Gasteiger charge is 2.48. The Morgan fingerprint density at radius 1 is 1.04 bits per heavy atom. The third-order valence-electron chi connectivity index (χ3n) is 5.04. The minimum absolute atomic E-state index is 0.0189. The molecule has 0 spiro atoms. The maximum atomic E-state index is 12.2. The van der Waals surface area contributed by atoms with Crippen LogP contribution in [0.1, 0.15) is 44.1 Å². The monoisotopic (exact) mass is 330 g/mol. The fourth-order valence-electron chi connectivity index (χ4n) is 3.39. The van der Waals surface area contributed by atoms with Gasteiger partial charge in [0.15, 0.2) is 0 Å². The lowest BCUT2D eigenvalue weighted by molar-refractivity contribution is -0.127. The Labute approximate surface area is 143 Å². The number of hydrogen-bond donors (Lipinski definition) is 2. The Morgan fingerprint density at radius 3 is 2.38 bits per heavy atom. The molecule has 2 unspecified atom stereocenters. The molecule has 2 saturated carbocycles. The average molecular weight is 330 g/mol. The van der Waals surface area contributed by atoms with Crippen molar-refractivity contribution in [2.75, 3.05) is 7.11 Å². The predicted molar refractivity (Wildman–Crippen MR) is 91.5 cm³/mol. The van der Waals surface area contributed by atoms with Crippen LogP contribution >= 0.6 is 0 Å². The maximum Gasteiger partial charge on any atom is 0.224 e. The quantitative estimate of drug-likeness (QED) is 0.841. The molecule has 2 atom stereocenters. The molecule has 1 aromatic carbocycles. The number of carbonyl (C=O) groups is 2. The molecule has 24 heavy (non-hydrogen) atoms. The smallest absolute Gasteiger partial charge is 0.224 e. The van der Waals surface area contributed by atoms with Gasteiger partial charge in [0.05, 0.1) is 18.9 Å². The van der Waals surface area contributed by atoms with Gasteiger partial charge in [-0.1, -0.05) is 31.4 Å². The average Bonchev–Trinajstić information content (AvgIpc) is 3.42. The van der Waals surface area contributed by atoms with Gasteiger partial charge in [0.2, 0.25) is 11.8 Å². The summed E-state index contributed by atoms with van der Waals surface area (Å²) in [5.74, 6) is 0.544. The summed E-state index contributed by atoms with van der Waals surface area (Å²) in [5.41, 5.74) is 1.02. The SMILES string of the molecule is COc1ccc(CNC(=O)C2CC2C(=O)NC2CCCCC2)cc1. The first-order valence-electron chi connectivity index (χ1n) is 8.88. The standard InChI is InChI=1S/C19H26N2O3/c1-24-15-9-7-13(8-10-15)12-20-18(22)16-11-17(16)19(23)21-14-5-3-2-4-6-14/h7-10,14,16-17H,2-6,11-12H2,1H3,(H,20,22)(H,21,23). The fraction of sp³-hybridized carbons (Fsp3) is 0.579. The van der Waals surface area contributed by atoms with E-state index in [9.17, 15) is 9.59 Å². The molecule has 130 valence electrons. The normalized spacial score (nSPS) is 23.4. The lowest BCUT2D eigenvalue weighted by atomic mass is 9.95. The van der Waals surface area contributed by atoms with Crippen molar-refractivity contribution in [2.24, 2.45) is 11.8 Å². The number of benzene rings is 1. The van der Waals surface area contributed by atoms with E-state index in [4.69, 9.17) is 4.74 Å². The summed E-state index contributed by atoms with van der Waals surface area (Å²) in [6.07, 6.45) is 6.49. The lowest BCUT2D eigenvalue weighted by Gasteiger charge is -2.22. The molecule has 2 fully saturated rings. The molecular weight excluding hydrogens is 304 g/mol. The second kappa shape index (κ2) is 7.69.